The van der Waals surface area contributed by atoms with Crippen molar-refractivity contribution in [2.24, 2.45) is 0 Å². The van der Waals surface area contributed by atoms with Crippen molar-refractivity contribution in [3.8, 4) is 11.5 Å². The molecule has 0 radical (unpaired) electrons. The van der Waals surface area contributed by atoms with E-state index in [-0.39, 0.29) is 17.6 Å². The zero-order valence-electron chi connectivity index (χ0n) is 9.85. The van der Waals surface area contributed by atoms with Gasteiger partial charge >= 0.3 is 0 Å². The molecule has 3 rings (SSSR count). The van der Waals surface area contributed by atoms with E-state index in [1.54, 1.807) is 48.8 Å². The Morgan fingerprint density at radius 1 is 1.00 bits per heavy atom. The van der Waals surface area contributed by atoms with Crippen LogP contribution in [0, 0.1) is 0 Å². The van der Waals surface area contributed by atoms with Crippen LogP contribution in [0.4, 0.5) is 0 Å². The smallest absolute Gasteiger partial charge is 0.289 e. The number of carbonyl (C=O) groups excluding carboxylic acids is 1. The van der Waals surface area contributed by atoms with Crippen LogP contribution in [0.25, 0.3) is 11.5 Å². The number of hydrogen-bond donors (Lipinski definition) is 0. The van der Waals surface area contributed by atoms with Crippen molar-refractivity contribution < 1.29 is 9.21 Å². The molecule has 0 saturated heterocycles. The number of hydrogen-bond acceptors (Lipinski definition) is 5. The first-order chi connectivity index (χ1) is 9.34. The summed E-state index contributed by atoms with van der Waals surface area (Å²) in [6.07, 6.45) is 3.25. The highest BCUT2D eigenvalue weighted by Gasteiger charge is 2.17. The summed E-state index contributed by atoms with van der Waals surface area (Å²) in [4.78, 5) is 16.0. The maximum atomic E-state index is 12.1. The molecule has 0 N–H and O–H groups in total. The minimum absolute atomic E-state index is 0.0231. The highest BCUT2D eigenvalue weighted by atomic mass is 16.4. The highest BCUT2D eigenvalue weighted by molar-refractivity contribution is 6.05. The Kier molecular flexibility index (Phi) is 2.86. The molecule has 0 aliphatic heterocycles. The fourth-order valence-corrected chi connectivity index (χ4v) is 1.63. The van der Waals surface area contributed by atoms with Crippen molar-refractivity contribution in [1.29, 1.82) is 0 Å². The number of carbonyl (C=O) groups is 1. The standard InChI is InChI=1S/C14H9N3O2/c18-12(10-5-2-1-3-6-10)14-17-16-13(19-14)11-7-4-8-15-9-11/h1-9H. The van der Waals surface area contributed by atoms with Gasteiger partial charge in [0.25, 0.3) is 5.89 Å². The molecular weight excluding hydrogens is 242 g/mol. The summed E-state index contributed by atoms with van der Waals surface area (Å²) in [7, 11) is 0. The lowest BCUT2D eigenvalue weighted by Crippen LogP contribution is -2.00. The predicted octanol–water partition coefficient (Wildman–Crippen LogP) is 2.36. The molecule has 2 heterocycles. The van der Waals surface area contributed by atoms with Gasteiger partial charge in [0.05, 0.1) is 5.56 Å². The lowest BCUT2D eigenvalue weighted by molar-refractivity contribution is 0.100. The largest absolute Gasteiger partial charge is 0.413 e. The number of aromatic nitrogens is 3. The molecule has 0 fully saturated rings. The van der Waals surface area contributed by atoms with Crippen LogP contribution < -0.4 is 0 Å². The molecule has 0 atom stereocenters. The van der Waals surface area contributed by atoms with Crippen LogP contribution in [0.1, 0.15) is 16.2 Å². The van der Waals surface area contributed by atoms with Crippen LogP contribution in [0.5, 0.6) is 0 Å². The van der Waals surface area contributed by atoms with Gasteiger partial charge in [-0.15, -0.1) is 10.2 Å². The van der Waals surface area contributed by atoms with Crippen molar-refractivity contribution in [3.63, 3.8) is 0 Å². The second-order valence-corrected chi connectivity index (χ2v) is 3.85. The molecule has 0 unspecified atom stereocenters. The average molecular weight is 251 g/mol. The van der Waals surface area contributed by atoms with Crippen molar-refractivity contribution in [2.45, 2.75) is 0 Å². The summed E-state index contributed by atoms with van der Waals surface area (Å²) in [6.45, 7) is 0. The molecule has 0 amide bonds. The third-order valence-corrected chi connectivity index (χ3v) is 2.56. The summed E-state index contributed by atoms with van der Waals surface area (Å²) < 4.78 is 5.37. The van der Waals surface area contributed by atoms with E-state index in [1.807, 2.05) is 6.07 Å². The van der Waals surface area contributed by atoms with Gasteiger partial charge in [0.15, 0.2) is 0 Å². The zero-order valence-corrected chi connectivity index (χ0v) is 9.85. The van der Waals surface area contributed by atoms with Crippen molar-refractivity contribution >= 4 is 5.78 Å². The maximum Gasteiger partial charge on any atom is 0.289 e. The van der Waals surface area contributed by atoms with Gasteiger partial charge in [0.2, 0.25) is 11.7 Å². The third kappa shape index (κ3) is 2.26. The molecule has 0 aliphatic rings. The van der Waals surface area contributed by atoms with Crippen LogP contribution in [-0.2, 0) is 0 Å². The van der Waals surface area contributed by atoms with Gasteiger partial charge in [-0.3, -0.25) is 9.78 Å². The van der Waals surface area contributed by atoms with Gasteiger partial charge in [0, 0.05) is 18.0 Å². The summed E-state index contributed by atoms with van der Waals surface area (Å²) in [5.41, 5.74) is 1.20. The summed E-state index contributed by atoms with van der Waals surface area (Å²) in [5.74, 6) is -0.0272. The number of rotatable bonds is 3. The van der Waals surface area contributed by atoms with Crippen LogP contribution in [0.3, 0.4) is 0 Å². The van der Waals surface area contributed by atoms with E-state index >= 15 is 0 Å². The minimum atomic E-state index is -0.289. The van der Waals surface area contributed by atoms with Gasteiger partial charge in [-0.1, -0.05) is 30.3 Å². The van der Waals surface area contributed by atoms with Gasteiger partial charge in [-0.05, 0) is 12.1 Å². The van der Waals surface area contributed by atoms with E-state index in [1.165, 1.54) is 0 Å². The third-order valence-electron chi connectivity index (χ3n) is 2.56. The molecule has 0 saturated carbocycles. The molecular formula is C14H9N3O2. The van der Waals surface area contributed by atoms with Crippen LogP contribution in [-0.4, -0.2) is 21.0 Å². The van der Waals surface area contributed by atoms with Crippen molar-refractivity contribution in [2.75, 3.05) is 0 Å². The lowest BCUT2D eigenvalue weighted by Gasteiger charge is -1.94. The van der Waals surface area contributed by atoms with Gasteiger partial charge in [-0.2, -0.15) is 0 Å². The molecule has 0 bridgehead atoms. The first-order valence-corrected chi connectivity index (χ1v) is 5.68. The highest BCUT2D eigenvalue weighted by Crippen LogP contribution is 2.17. The summed E-state index contributed by atoms with van der Waals surface area (Å²) in [5, 5.41) is 7.63. The Morgan fingerprint density at radius 2 is 1.84 bits per heavy atom. The minimum Gasteiger partial charge on any atom is -0.413 e. The second-order valence-electron chi connectivity index (χ2n) is 3.85. The van der Waals surface area contributed by atoms with E-state index in [9.17, 15) is 4.79 Å². The molecule has 19 heavy (non-hydrogen) atoms. The van der Waals surface area contributed by atoms with E-state index in [2.05, 4.69) is 15.2 Å². The molecule has 92 valence electrons. The first kappa shape index (κ1) is 11.3. The van der Waals surface area contributed by atoms with Gasteiger partial charge in [0.1, 0.15) is 0 Å². The molecule has 5 nitrogen and oxygen atoms in total. The number of nitrogens with zero attached hydrogens (tertiary/aromatic N) is 3. The molecule has 0 aliphatic carbocycles. The Bertz CT molecular complexity index is 693. The zero-order chi connectivity index (χ0) is 13.1. The Morgan fingerprint density at radius 3 is 2.58 bits per heavy atom. The maximum absolute atomic E-state index is 12.1. The van der Waals surface area contributed by atoms with E-state index in [0.29, 0.717) is 11.1 Å². The van der Waals surface area contributed by atoms with Crippen molar-refractivity contribution in [1.82, 2.24) is 15.2 Å². The fraction of sp³-hybridized carbons (Fsp3) is 0. The normalized spacial score (nSPS) is 10.3. The Hall–Kier alpha value is -2.82. The summed E-state index contributed by atoms with van der Waals surface area (Å²) >= 11 is 0. The van der Waals surface area contributed by atoms with Crippen LogP contribution in [0.15, 0.2) is 59.3 Å². The number of benzene rings is 1. The second kappa shape index (κ2) is 4.81. The first-order valence-electron chi connectivity index (χ1n) is 5.68. The average Bonchev–Trinajstić information content (AvgIpc) is 2.98. The number of pyridine rings is 1. The topological polar surface area (TPSA) is 68.9 Å². The number of ketones is 1. The van der Waals surface area contributed by atoms with Crippen LogP contribution in [0.2, 0.25) is 0 Å². The quantitative estimate of drug-likeness (QED) is 0.668. The molecule has 3 aromatic rings. The van der Waals surface area contributed by atoms with E-state index in [4.69, 9.17) is 4.42 Å². The van der Waals surface area contributed by atoms with E-state index < -0.39 is 0 Å². The SMILES string of the molecule is O=C(c1ccccc1)c1nnc(-c2cccnc2)o1. The monoisotopic (exact) mass is 251 g/mol. The van der Waals surface area contributed by atoms with Gasteiger partial charge in [-0.25, -0.2) is 0 Å². The van der Waals surface area contributed by atoms with E-state index in [0.717, 1.165) is 0 Å². The molecule has 2 aromatic heterocycles. The van der Waals surface area contributed by atoms with Crippen LogP contribution >= 0.6 is 0 Å². The Labute approximate surface area is 108 Å². The fourth-order valence-electron chi connectivity index (χ4n) is 1.63. The van der Waals surface area contributed by atoms with Gasteiger partial charge < -0.3 is 4.42 Å². The lowest BCUT2D eigenvalue weighted by atomic mass is 10.1. The summed E-state index contributed by atoms with van der Waals surface area (Å²) in [6, 6.07) is 12.4. The molecule has 1 aromatic carbocycles. The predicted molar refractivity (Wildman–Crippen MR) is 67.4 cm³/mol. The Balaban J connectivity index is 1.92. The molecule has 5 heteroatoms. The molecule has 0 spiro atoms. The van der Waals surface area contributed by atoms with Crippen molar-refractivity contribution in [3.05, 3.63) is 66.3 Å².